The van der Waals surface area contributed by atoms with E-state index in [0.717, 1.165) is 16.8 Å². The molecule has 2 N–H and O–H groups in total. The highest BCUT2D eigenvalue weighted by atomic mass is 35.5. The lowest BCUT2D eigenvalue weighted by Gasteiger charge is -2.14. The minimum atomic E-state index is 0.574. The van der Waals surface area contributed by atoms with Gasteiger partial charge in [0.15, 0.2) is 5.11 Å². The van der Waals surface area contributed by atoms with Crippen LogP contribution in [0.1, 0.15) is 22.3 Å². The SMILES string of the molecule is Cc1ccc(CNC(=S)Nc2c(C)cc(C)cc2Cl)cc1. The molecule has 0 saturated carbocycles. The third-order valence-corrected chi connectivity index (χ3v) is 3.79. The van der Waals surface area contributed by atoms with Crippen LogP contribution >= 0.6 is 23.8 Å². The lowest BCUT2D eigenvalue weighted by Crippen LogP contribution is -2.28. The Labute approximate surface area is 136 Å². The Morgan fingerprint density at radius 1 is 1.05 bits per heavy atom. The predicted molar refractivity (Wildman–Crippen MR) is 95.2 cm³/mol. The van der Waals surface area contributed by atoms with Gasteiger partial charge < -0.3 is 10.6 Å². The molecule has 2 aromatic rings. The molecular formula is C17H19ClN2S. The largest absolute Gasteiger partial charge is 0.358 e. The van der Waals surface area contributed by atoms with Crippen molar-refractivity contribution in [1.29, 1.82) is 0 Å². The molecule has 0 amide bonds. The van der Waals surface area contributed by atoms with Gasteiger partial charge in [0.25, 0.3) is 0 Å². The minimum absolute atomic E-state index is 0.574. The molecule has 0 aliphatic carbocycles. The van der Waals surface area contributed by atoms with E-state index in [0.29, 0.717) is 16.7 Å². The lowest BCUT2D eigenvalue weighted by atomic mass is 10.1. The number of halogens is 1. The van der Waals surface area contributed by atoms with Gasteiger partial charge in [0.1, 0.15) is 0 Å². The van der Waals surface area contributed by atoms with E-state index in [-0.39, 0.29) is 0 Å². The van der Waals surface area contributed by atoms with E-state index in [9.17, 15) is 0 Å². The smallest absolute Gasteiger partial charge is 0.171 e. The normalized spacial score (nSPS) is 10.3. The molecule has 0 aliphatic rings. The molecule has 2 aromatic carbocycles. The van der Waals surface area contributed by atoms with Crippen LogP contribution < -0.4 is 10.6 Å². The Morgan fingerprint density at radius 2 is 1.71 bits per heavy atom. The Balaban J connectivity index is 1.97. The molecule has 0 bridgehead atoms. The van der Waals surface area contributed by atoms with Gasteiger partial charge in [0, 0.05) is 6.54 Å². The minimum Gasteiger partial charge on any atom is -0.358 e. The van der Waals surface area contributed by atoms with Crippen LogP contribution in [0.3, 0.4) is 0 Å². The Kier molecular flexibility index (Phi) is 5.21. The average molecular weight is 319 g/mol. The first kappa shape index (κ1) is 15.8. The van der Waals surface area contributed by atoms with Crippen LogP contribution in [0, 0.1) is 20.8 Å². The van der Waals surface area contributed by atoms with E-state index in [1.807, 2.05) is 19.9 Å². The maximum atomic E-state index is 6.26. The van der Waals surface area contributed by atoms with Gasteiger partial charge in [-0.25, -0.2) is 0 Å². The average Bonchev–Trinajstić information content (AvgIpc) is 2.42. The van der Waals surface area contributed by atoms with Crippen LogP contribution in [-0.2, 0) is 6.54 Å². The molecule has 0 saturated heterocycles. The number of rotatable bonds is 3. The van der Waals surface area contributed by atoms with Crippen molar-refractivity contribution in [2.45, 2.75) is 27.3 Å². The summed E-state index contributed by atoms with van der Waals surface area (Å²) in [6.07, 6.45) is 0. The van der Waals surface area contributed by atoms with E-state index >= 15 is 0 Å². The zero-order valence-corrected chi connectivity index (χ0v) is 14.0. The molecule has 0 unspecified atom stereocenters. The maximum absolute atomic E-state index is 6.26. The second-order valence-corrected chi connectivity index (χ2v) is 6.05. The number of hydrogen-bond donors (Lipinski definition) is 2. The van der Waals surface area contributed by atoms with Crippen molar-refractivity contribution in [3.05, 3.63) is 63.7 Å². The van der Waals surface area contributed by atoms with E-state index < -0.39 is 0 Å². The highest BCUT2D eigenvalue weighted by Gasteiger charge is 2.07. The zero-order valence-electron chi connectivity index (χ0n) is 12.5. The molecule has 0 heterocycles. The van der Waals surface area contributed by atoms with Crippen molar-refractivity contribution in [3.8, 4) is 0 Å². The molecule has 4 heteroatoms. The molecule has 0 aromatic heterocycles. The van der Waals surface area contributed by atoms with Gasteiger partial charge in [-0.15, -0.1) is 0 Å². The number of aryl methyl sites for hydroxylation is 3. The standard InChI is InChI=1S/C17H19ClN2S/c1-11-4-6-14(7-5-11)10-19-17(21)20-16-13(3)8-12(2)9-15(16)18/h4-9H,10H2,1-3H3,(H2,19,20,21). The van der Waals surface area contributed by atoms with E-state index in [1.165, 1.54) is 11.1 Å². The number of anilines is 1. The van der Waals surface area contributed by atoms with Crippen LogP contribution in [-0.4, -0.2) is 5.11 Å². The second-order valence-electron chi connectivity index (χ2n) is 5.23. The maximum Gasteiger partial charge on any atom is 0.171 e. The van der Waals surface area contributed by atoms with Gasteiger partial charge in [-0.1, -0.05) is 47.5 Å². The molecule has 0 spiro atoms. The first-order valence-electron chi connectivity index (χ1n) is 6.83. The quantitative estimate of drug-likeness (QED) is 0.798. The van der Waals surface area contributed by atoms with Crippen molar-refractivity contribution in [1.82, 2.24) is 5.32 Å². The van der Waals surface area contributed by atoms with Crippen LogP contribution in [0.5, 0.6) is 0 Å². The van der Waals surface area contributed by atoms with Gasteiger partial charge in [0.2, 0.25) is 0 Å². The summed E-state index contributed by atoms with van der Waals surface area (Å²) in [5.74, 6) is 0. The fourth-order valence-corrected chi connectivity index (χ4v) is 2.66. The monoisotopic (exact) mass is 318 g/mol. The summed E-state index contributed by atoms with van der Waals surface area (Å²) < 4.78 is 0. The van der Waals surface area contributed by atoms with Crippen LogP contribution in [0.15, 0.2) is 36.4 Å². The summed E-state index contributed by atoms with van der Waals surface area (Å²) in [7, 11) is 0. The summed E-state index contributed by atoms with van der Waals surface area (Å²) >= 11 is 11.6. The lowest BCUT2D eigenvalue weighted by molar-refractivity contribution is 0.925. The highest BCUT2D eigenvalue weighted by Crippen LogP contribution is 2.27. The Hall–Kier alpha value is -1.58. The van der Waals surface area contributed by atoms with Crippen molar-refractivity contribution < 1.29 is 0 Å². The van der Waals surface area contributed by atoms with E-state index in [2.05, 4.69) is 47.9 Å². The zero-order chi connectivity index (χ0) is 15.4. The topological polar surface area (TPSA) is 24.1 Å². The van der Waals surface area contributed by atoms with E-state index in [4.69, 9.17) is 23.8 Å². The summed E-state index contributed by atoms with van der Waals surface area (Å²) in [5, 5.41) is 7.63. The molecule has 21 heavy (non-hydrogen) atoms. The van der Waals surface area contributed by atoms with Crippen LogP contribution in [0.2, 0.25) is 5.02 Å². The van der Waals surface area contributed by atoms with Gasteiger partial charge in [-0.2, -0.15) is 0 Å². The molecule has 2 rings (SSSR count). The summed E-state index contributed by atoms with van der Waals surface area (Å²) in [4.78, 5) is 0. The molecule has 2 nitrogen and oxygen atoms in total. The molecular weight excluding hydrogens is 300 g/mol. The Morgan fingerprint density at radius 3 is 2.33 bits per heavy atom. The molecule has 0 radical (unpaired) electrons. The molecule has 0 atom stereocenters. The molecule has 0 aliphatic heterocycles. The summed E-state index contributed by atoms with van der Waals surface area (Å²) in [5.41, 5.74) is 5.53. The molecule has 0 fully saturated rings. The van der Waals surface area contributed by atoms with Crippen molar-refractivity contribution >= 4 is 34.6 Å². The third-order valence-electron chi connectivity index (χ3n) is 3.24. The third kappa shape index (κ3) is 4.45. The fourth-order valence-electron chi connectivity index (χ4n) is 2.12. The number of thiocarbonyl (C=S) groups is 1. The van der Waals surface area contributed by atoms with E-state index in [1.54, 1.807) is 0 Å². The van der Waals surface area contributed by atoms with Crippen LogP contribution in [0.4, 0.5) is 5.69 Å². The summed E-state index contributed by atoms with van der Waals surface area (Å²) in [6.45, 7) is 6.81. The van der Waals surface area contributed by atoms with Gasteiger partial charge >= 0.3 is 0 Å². The molecule has 110 valence electrons. The van der Waals surface area contributed by atoms with Crippen molar-refractivity contribution in [2.24, 2.45) is 0 Å². The van der Waals surface area contributed by atoms with Crippen molar-refractivity contribution in [3.63, 3.8) is 0 Å². The summed E-state index contributed by atoms with van der Waals surface area (Å²) in [6, 6.07) is 12.4. The second kappa shape index (κ2) is 6.92. The number of benzene rings is 2. The first-order chi connectivity index (χ1) is 9.95. The highest BCUT2D eigenvalue weighted by molar-refractivity contribution is 7.80. The van der Waals surface area contributed by atoms with Gasteiger partial charge in [-0.3, -0.25) is 0 Å². The van der Waals surface area contributed by atoms with Gasteiger partial charge in [0.05, 0.1) is 10.7 Å². The fraction of sp³-hybridized carbons (Fsp3) is 0.235. The van der Waals surface area contributed by atoms with Crippen LogP contribution in [0.25, 0.3) is 0 Å². The first-order valence-corrected chi connectivity index (χ1v) is 7.61. The predicted octanol–water partition coefficient (Wildman–Crippen LogP) is 4.75. The van der Waals surface area contributed by atoms with Gasteiger partial charge in [-0.05, 0) is 55.7 Å². The number of nitrogens with one attached hydrogen (secondary N) is 2. The van der Waals surface area contributed by atoms with Crippen molar-refractivity contribution in [2.75, 3.05) is 5.32 Å². The number of hydrogen-bond acceptors (Lipinski definition) is 1. The Bertz CT molecular complexity index is 627.